The number of rotatable bonds is 5. The van der Waals surface area contributed by atoms with Crippen molar-refractivity contribution in [1.29, 1.82) is 0 Å². The number of para-hydroxylation sites is 1. The Kier molecular flexibility index (Phi) is 4.90. The first kappa shape index (κ1) is 17.9. The summed E-state index contributed by atoms with van der Waals surface area (Å²) in [5.41, 5.74) is 1.74. The van der Waals surface area contributed by atoms with E-state index in [0.717, 1.165) is 11.3 Å². The van der Waals surface area contributed by atoms with Crippen LogP contribution in [0.25, 0.3) is 16.7 Å². The van der Waals surface area contributed by atoms with Crippen molar-refractivity contribution in [2.24, 2.45) is 0 Å². The van der Waals surface area contributed by atoms with E-state index in [9.17, 15) is 9.59 Å². The Hall–Kier alpha value is -3.45. The molecular weight excluding hydrogens is 378 g/mol. The number of benzene rings is 2. The third kappa shape index (κ3) is 3.52. The summed E-state index contributed by atoms with van der Waals surface area (Å²) in [5, 5.41) is 7.95. The molecule has 2 aromatic carbocycles. The van der Waals surface area contributed by atoms with Gasteiger partial charge in [-0.25, -0.2) is 9.67 Å². The van der Waals surface area contributed by atoms with Gasteiger partial charge < -0.3 is 5.32 Å². The van der Waals surface area contributed by atoms with Gasteiger partial charge >= 0.3 is 0 Å². The van der Waals surface area contributed by atoms with Crippen molar-refractivity contribution in [1.82, 2.24) is 24.6 Å². The number of hydrogen-bond acceptors (Lipinski definition) is 4. The summed E-state index contributed by atoms with van der Waals surface area (Å²) in [6.45, 7) is 0.150. The van der Waals surface area contributed by atoms with Crippen LogP contribution in [0.2, 0.25) is 5.02 Å². The Bertz CT molecular complexity index is 1200. The van der Waals surface area contributed by atoms with Crippen LogP contribution in [0.4, 0.5) is 0 Å². The van der Waals surface area contributed by atoms with Crippen LogP contribution in [0.3, 0.4) is 0 Å². The van der Waals surface area contributed by atoms with E-state index >= 15 is 0 Å². The van der Waals surface area contributed by atoms with Crippen molar-refractivity contribution in [3.05, 3.63) is 88.1 Å². The number of amides is 1. The molecule has 1 amide bonds. The highest BCUT2D eigenvalue weighted by Crippen LogP contribution is 2.14. The van der Waals surface area contributed by atoms with Crippen LogP contribution in [0.1, 0.15) is 5.56 Å². The second kappa shape index (κ2) is 7.66. The quantitative estimate of drug-likeness (QED) is 0.565. The van der Waals surface area contributed by atoms with Crippen LogP contribution >= 0.6 is 11.6 Å². The lowest BCUT2D eigenvalue weighted by Gasteiger charge is -2.08. The SMILES string of the molecule is O=C(Cn1cnc2c(cnn2-c2ccccc2)c1=O)NCc1ccccc1Cl. The minimum Gasteiger partial charge on any atom is -0.350 e. The zero-order valence-corrected chi connectivity index (χ0v) is 15.5. The van der Waals surface area contributed by atoms with E-state index in [0.29, 0.717) is 16.1 Å². The topological polar surface area (TPSA) is 81.8 Å². The molecule has 4 aromatic rings. The van der Waals surface area contributed by atoms with Gasteiger partial charge in [-0.2, -0.15) is 5.10 Å². The fourth-order valence-electron chi connectivity index (χ4n) is 2.87. The number of nitrogens with one attached hydrogen (secondary N) is 1. The Labute approximate surface area is 165 Å². The van der Waals surface area contributed by atoms with Gasteiger partial charge in [0, 0.05) is 11.6 Å². The van der Waals surface area contributed by atoms with Gasteiger partial charge in [-0.15, -0.1) is 0 Å². The molecule has 0 spiro atoms. The van der Waals surface area contributed by atoms with Crippen molar-refractivity contribution >= 4 is 28.5 Å². The molecule has 0 atom stereocenters. The summed E-state index contributed by atoms with van der Waals surface area (Å²) in [5.74, 6) is -0.307. The average Bonchev–Trinajstić information content (AvgIpc) is 3.15. The van der Waals surface area contributed by atoms with E-state index in [1.165, 1.54) is 17.1 Å². The number of carbonyl (C=O) groups is 1. The van der Waals surface area contributed by atoms with E-state index in [1.807, 2.05) is 48.5 Å². The molecule has 0 unspecified atom stereocenters. The second-order valence-corrected chi connectivity index (χ2v) is 6.58. The minimum absolute atomic E-state index is 0.136. The number of fused-ring (bicyclic) bond motifs is 1. The molecule has 0 aliphatic heterocycles. The average molecular weight is 394 g/mol. The Morgan fingerprint density at radius 1 is 1.07 bits per heavy atom. The molecule has 7 nitrogen and oxygen atoms in total. The fraction of sp³-hybridized carbons (Fsp3) is 0.100. The number of carbonyl (C=O) groups excluding carboxylic acids is 1. The highest BCUT2D eigenvalue weighted by atomic mass is 35.5. The van der Waals surface area contributed by atoms with Crippen molar-refractivity contribution in [2.45, 2.75) is 13.1 Å². The van der Waals surface area contributed by atoms with Gasteiger partial charge in [-0.05, 0) is 23.8 Å². The van der Waals surface area contributed by atoms with Crippen LogP contribution in [-0.2, 0) is 17.9 Å². The summed E-state index contributed by atoms with van der Waals surface area (Å²) in [6, 6.07) is 16.7. The Morgan fingerprint density at radius 3 is 2.61 bits per heavy atom. The highest BCUT2D eigenvalue weighted by Gasteiger charge is 2.13. The largest absolute Gasteiger partial charge is 0.350 e. The van der Waals surface area contributed by atoms with Gasteiger partial charge in [0.1, 0.15) is 18.3 Å². The molecule has 4 rings (SSSR count). The maximum atomic E-state index is 12.7. The minimum atomic E-state index is -0.319. The zero-order valence-electron chi connectivity index (χ0n) is 14.7. The van der Waals surface area contributed by atoms with E-state index in [-0.39, 0.29) is 24.6 Å². The fourth-order valence-corrected chi connectivity index (χ4v) is 3.07. The molecule has 0 aliphatic rings. The molecule has 0 radical (unpaired) electrons. The third-order valence-corrected chi connectivity index (χ3v) is 4.67. The van der Waals surface area contributed by atoms with E-state index in [2.05, 4.69) is 15.4 Å². The van der Waals surface area contributed by atoms with Crippen LogP contribution < -0.4 is 10.9 Å². The number of nitrogens with zero attached hydrogens (tertiary/aromatic N) is 4. The molecule has 0 saturated heterocycles. The van der Waals surface area contributed by atoms with E-state index < -0.39 is 0 Å². The molecule has 2 heterocycles. The molecule has 0 saturated carbocycles. The summed E-state index contributed by atoms with van der Waals surface area (Å²) < 4.78 is 2.86. The van der Waals surface area contributed by atoms with Gasteiger partial charge in [0.05, 0.1) is 11.9 Å². The lowest BCUT2D eigenvalue weighted by atomic mass is 10.2. The second-order valence-electron chi connectivity index (χ2n) is 6.17. The van der Waals surface area contributed by atoms with Gasteiger partial charge in [-0.1, -0.05) is 48.0 Å². The standard InChI is InChI=1S/C20H16ClN5O2/c21-17-9-5-4-6-14(17)10-22-18(27)12-25-13-23-19-16(20(25)28)11-24-26(19)15-7-2-1-3-8-15/h1-9,11,13H,10,12H2,(H,22,27). The van der Waals surface area contributed by atoms with Gasteiger partial charge in [-0.3, -0.25) is 14.2 Å². The smallest absolute Gasteiger partial charge is 0.264 e. The molecule has 0 aliphatic carbocycles. The lowest BCUT2D eigenvalue weighted by molar-refractivity contribution is -0.121. The summed E-state index contributed by atoms with van der Waals surface area (Å²) in [7, 11) is 0. The Balaban J connectivity index is 1.53. The van der Waals surface area contributed by atoms with E-state index in [4.69, 9.17) is 11.6 Å². The van der Waals surface area contributed by atoms with Crippen LogP contribution in [0, 0.1) is 0 Å². The predicted octanol–water partition coefficient (Wildman–Crippen LogP) is 2.55. The molecular formula is C20H16ClN5O2. The first-order chi connectivity index (χ1) is 13.6. The predicted molar refractivity (Wildman–Crippen MR) is 106 cm³/mol. The molecule has 1 N–H and O–H groups in total. The summed E-state index contributed by atoms with van der Waals surface area (Å²) in [4.78, 5) is 29.3. The van der Waals surface area contributed by atoms with Crippen molar-refractivity contribution in [2.75, 3.05) is 0 Å². The lowest BCUT2D eigenvalue weighted by Crippen LogP contribution is -2.32. The molecule has 0 fully saturated rings. The van der Waals surface area contributed by atoms with Crippen molar-refractivity contribution in [3.63, 3.8) is 0 Å². The maximum Gasteiger partial charge on any atom is 0.264 e. The molecule has 28 heavy (non-hydrogen) atoms. The third-order valence-electron chi connectivity index (χ3n) is 4.30. The van der Waals surface area contributed by atoms with Gasteiger partial charge in [0.2, 0.25) is 5.91 Å². The van der Waals surface area contributed by atoms with Crippen LogP contribution in [0.15, 0.2) is 71.9 Å². The van der Waals surface area contributed by atoms with Crippen molar-refractivity contribution in [3.8, 4) is 5.69 Å². The summed E-state index contributed by atoms with van der Waals surface area (Å²) in [6.07, 6.45) is 2.83. The van der Waals surface area contributed by atoms with Gasteiger partial charge in [0.25, 0.3) is 5.56 Å². The first-order valence-corrected chi connectivity index (χ1v) is 9.00. The van der Waals surface area contributed by atoms with Gasteiger partial charge in [0.15, 0.2) is 5.65 Å². The number of hydrogen-bond donors (Lipinski definition) is 1. The van der Waals surface area contributed by atoms with Crippen LogP contribution in [0.5, 0.6) is 0 Å². The number of halogens is 1. The monoisotopic (exact) mass is 393 g/mol. The molecule has 8 heteroatoms. The zero-order chi connectivity index (χ0) is 19.5. The molecule has 0 bridgehead atoms. The maximum absolute atomic E-state index is 12.7. The Morgan fingerprint density at radius 2 is 1.82 bits per heavy atom. The number of aromatic nitrogens is 4. The van der Waals surface area contributed by atoms with Crippen LogP contribution in [-0.4, -0.2) is 25.2 Å². The molecule has 140 valence electrons. The van der Waals surface area contributed by atoms with Crippen molar-refractivity contribution < 1.29 is 4.79 Å². The highest BCUT2D eigenvalue weighted by molar-refractivity contribution is 6.31. The van der Waals surface area contributed by atoms with E-state index in [1.54, 1.807) is 10.7 Å². The normalized spacial score (nSPS) is 10.9. The first-order valence-electron chi connectivity index (χ1n) is 8.62. The molecule has 2 aromatic heterocycles. The summed E-state index contributed by atoms with van der Waals surface area (Å²) >= 11 is 6.09.